The molecule has 4 atom stereocenters. The summed E-state index contributed by atoms with van der Waals surface area (Å²) in [6.45, 7) is 4.66. The number of nitrogens with two attached hydrogens (primary N) is 1. The molecule has 1 aliphatic carbocycles. The molecule has 2 N–H and O–H groups in total. The van der Waals surface area contributed by atoms with Crippen LogP contribution in [0.5, 0.6) is 0 Å². The van der Waals surface area contributed by atoms with Crippen LogP contribution in [0.15, 0.2) is 30.3 Å². The van der Waals surface area contributed by atoms with Gasteiger partial charge in [0, 0.05) is 16.5 Å². The molecule has 4 unspecified atom stereocenters. The van der Waals surface area contributed by atoms with Crippen LogP contribution in [0.1, 0.15) is 51.1 Å². The molecule has 1 aromatic carbocycles. The number of hydrogen-bond acceptors (Lipinski definition) is 2. The van der Waals surface area contributed by atoms with Gasteiger partial charge in [0.1, 0.15) is 0 Å². The molecule has 0 aliphatic heterocycles. The van der Waals surface area contributed by atoms with E-state index in [4.69, 9.17) is 5.73 Å². The standard InChI is InChI=1S/C16H25NS/c1-12-7-6-10-15(11-12)18-13(2)16(17)14-8-4-3-5-9-14/h3-5,8-9,12-13,15-16H,6-7,10-11,17H2,1-2H3. The summed E-state index contributed by atoms with van der Waals surface area (Å²) in [5.41, 5.74) is 7.63. The Balaban J connectivity index is 1.89. The summed E-state index contributed by atoms with van der Waals surface area (Å²) in [4.78, 5) is 0. The van der Waals surface area contributed by atoms with Crippen LogP contribution < -0.4 is 5.73 Å². The molecule has 2 heteroatoms. The van der Waals surface area contributed by atoms with Gasteiger partial charge in [0.05, 0.1) is 0 Å². The van der Waals surface area contributed by atoms with E-state index in [9.17, 15) is 0 Å². The van der Waals surface area contributed by atoms with Crippen molar-refractivity contribution in [2.24, 2.45) is 11.7 Å². The fourth-order valence-electron chi connectivity index (χ4n) is 2.84. The molecule has 2 rings (SSSR count). The zero-order chi connectivity index (χ0) is 13.0. The summed E-state index contributed by atoms with van der Waals surface area (Å²) in [6, 6.07) is 10.7. The third kappa shape index (κ3) is 3.76. The first-order chi connectivity index (χ1) is 8.66. The molecule has 18 heavy (non-hydrogen) atoms. The third-order valence-corrected chi connectivity index (χ3v) is 5.52. The van der Waals surface area contributed by atoms with E-state index in [2.05, 4.69) is 55.9 Å². The van der Waals surface area contributed by atoms with Crippen molar-refractivity contribution in [3.63, 3.8) is 0 Å². The van der Waals surface area contributed by atoms with Crippen LogP contribution in [-0.2, 0) is 0 Å². The lowest BCUT2D eigenvalue weighted by Crippen LogP contribution is -2.25. The van der Waals surface area contributed by atoms with Gasteiger partial charge in [-0.1, -0.05) is 57.0 Å². The minimum atomic E-state index is 0.161. The molecule has 1 nitrogen and oxygen atoms in total. The zero-order valence-corrected chi connectivity index (χ0v) is 12.3. The van der Waals surface area contributed by atoms with Crippen LogP contribution in [0.3, 0.4) is 0 Å². The van der Waals surface area contributed by atoms with Gasteiger partial charge in [0.15, 0.2) is 0 Å². The maximum absolute atomic E-state index is 6.37. The molecule has 0 saturated heterocycles. The summed E-state index contributed by atoms with van der Waals surface area (Å²) in [6.07, 6.45) is 5.56. The molecule has 0 spiro atoms. The van der Waals surface area contributed by atoms with Crippen LogP contribution in [-0.4, -0.2) is 10.5 Å². The average Bonchev–Trinajstić information content (AvgIpc) is 2.39. The quantitative estimate of drug-likeness (QED) is 0.872. The molecule has 1 fully saturated rings. The van der Waals surface area contributed by atoms with Gasteiger partial charge < -0.3 is 5.73 Å². The molecule has 0 aromatic heterocycles. The predicted molar refractivity (Wildman–Crippen MR) is 81.8 cm³/mol. The number of hydrogen-bond donors (Lipinski definition) is 1. The number of benzene rings is 1. The fraction of sp³-hybridized carbons (Fsp3) is 0.625. The maximum atomic E-state index is 6.37. The molecule has 100 valence electrons. The van der Waals surface area contributed by atoms with Crippen LogP contribution >= 0.6 is 11.8 Å². The van der Waals surface area contributed by atoms with Crippen LogP contribution in [0, 0.1) is 5.92 Å². The molecule has 1 saturated carbocycles. The van der Waals surface area contributed by atoms with E-state index in [-0.39, 0.29) is 6.04 Å². The molecule has 0 heterocycles. The minimum Gasteiger partial charge on any atom is -0.323 e. The van der Waals surface area contributed by atoms with E-state index >= 15 is 0 Å². The number of rotatable bonds is 4. The Morgan fingerprint density at radius 3 is 2.61 bits per heavy atom. The van der Waals surface area contributed by atoms with E-state index in [1.54, 1.807) is 0 Å². The SMILES string of the molecule is CC1CCCC(SC(C)C(N)c2ccccc2)C1. The second-order valence-electron chi connectivity index (χ2n) is 5.67. The highest BCUT2D eigenvalue weighted by Gasteiger charge is 2.24. The summed E-state index contributed by atoms with van der Waals surface area (Å²) < 4.78 is 0. The van der Waals surface area contributed by atoms with E-state index in [1.807, 2.05) is 0 Å². The van der Waals surface area contributed by atoms with E-state index in [1.165, 1.54) is 31.2 Å². The fourth-order valence-corrected chi connectivity index (χ4v) is 4.51. The van der Waals surface area contributed by atoms with Crippen molar-refractivity contribution in [3.05, 3.63) is 35.9 Å². The first-order valence-electron chi connectivity index (χ1n) is 7.13. The van der Waals surface area contributed by atoms with Crippen molar-refractivity contribution < 1.29 is 0 Å². The second kappa shape index (κ2) is 6.63. The molecule has 1 aromatic rings. The Morgan fingerprint density at radius 1 is 1.22 bits per heavy atom. The maximum Gasteiger partial charge on any atom is 0.0412 e. The third-order valence-electron chi connectivity index (χ3n) is 3.99. The highest BCUT2D eigenvalue weighted by molar-refractivity contribution is 8.00. The van der Waals surface area contributed by atoms with Gasteiger partial charge in [0.2, 0.25) is 0 Å². The molecular weight excluding hydrogens is 238 g/mol. The lowest BCUT2D eigenvalue weighted by atomic mass is 9.90. The van der Waals surface area contributed by atoms with Crippen molar-refractivity contribution in [1.82, 2.24) is 0 Å². The van der Waals surface area contributed by atoms with Crippen molar-refractivity contribution >= 4 is 11.8 Å². The lowest BCUT2D eigenvalue weighted by molar-refractivity contribution is 0.393. The molecule has 0 amide bonds. The van der Waals surface area contributed by atoms with Gasteiger partial charge in [-0.25, -0.2) is 0 Å². The first kappa shape index (κ1) is 14.0. The van der Waals surface area contributed by atoms with Gasteiger partial charge in [-0.2, -0.15) is 11.8 Å². The highest BCUT2D eigenvalue weighted by atomic mass is 32.2. The average molecular weight is 263 g/mol. The van der Waals surface area contributed by atoms with E-state index in [0.717, 1.165) is 11.2 Å². The molecular formula is C16H25NS. The first-order valence-corrected chi connectivity index (χ1v) is 8.07. The number of thioether (sulfide) groups is 1. The van der Waals surface area contributed by atoms with Crippen molar-refractivity contribution in [3.8, 4) is 0 Å². The normalized spacial score (nSPS) is 27.7. The largest absolute Gasteiger partial charge is 0.323 e. The van der Waals surface area contributed by atoms with Crippen LogP contribution in [0.4, 0.5) is 0 Å². The highest BCUT2D eigenvalue weighted by Crippen LogP contribution is 2.36. The van der Waals surface area contributed by atoms with E-state index < -0.39 is 0 Å². The van der Waals surface area contributed by atoms with Crippen molar-refractivity contribution in [1.29, 1.82) is 0 Å². The summed E-state index contributed by atoms with van der Waals surface area (Å²) in [5.74, 6) is 0.899. The monoisotopic (exact) mass is 263 g/mol. The Bertz CT molecular complexity index is 351. The Hall–Kier alpha value is -0.470. The summed E-state index contributed by atoms with van der Waals surface area (Å²) >= 11 is 2.10. The minimum absolute atomic E-state index is 0.161. The van der Waals surface area contributed by atoms with Gasteiger partial charge in [-0.3, -0.25) is 0 Å². The van der Waals surface area contributed by atoms with Crippen molar-refractivity contribution in [2.75, 3.05) is 0 Å². The Labute approximate surface area is 116 Å². The lowest BCUT2D eigenvalue weighted by Gasteiger charge is -2.30. The second-order valence-corrected chi connectivity index (χ2v) is 7.35. The van der Waals surface area contributed by atoms with Gasteiger partial charge in [-0.05, 0) is 24.3 Å². The molecule has 0 bridgehead atoms. The van der Waals surface area contributed by atoms with Crippen LogP contribution in [0.2, 0.25) is 0 Å². The van der Waals surface area contributed by atoms with Gasteiger partial charge in [0.25, 0.3) is 0 Å². The van der Waals surface area contributed by atoms with Gasteiger partial charge in [-0.15, -0.1) is 0 Å². The Morgan fingerprint density at radius 2 is 1.94 bits per heavy atom. The van der Waals surface area contributed by atoms with E-state index in [0.29, 0.717) is 5.25 Å². The predicted octanol–water partition coefficient (Wildman–Crippen LogP) is 4.39. The molecule has 0 radical (unpaired) electrons. The summed E-state index contributed by atoms with van der Waals surface area (Å²) in [7, 11) is 0. The smallest absolute Gasteiger partial charge is 0.0412 e. The van der Waals surface area contributed by atoms with Crippen molar-refractivity contribution in [2.45, 2.75) is 56.1 Å². The Kier molecular flexibility index (Phi) is 5.13. The zero-order valence-electron chi connectivity index (χ0n) is 11.5. The van der Waals surface area contributed by atoms with Gasteiger partial charge >= 0.3 is 0 Å². The summed E-state index contributed by atoms with van der Waals surface area (Å²) in [5, 5.41) is 1.32. The topological polar surface area (TPSA) is 26.0 Å². The van der Waals surface area contributed by atoms with Crippen LogP contribution in [0.25, 0.3) is 0 Å². The molecule has 1 aliphatic rings.